The molecule has 1 heterocycles. The van der Waals surface area contributed by atoms with E-state index in [4.69, 9.17) is 16.3 Å². The fraction of sp³-hybridized carbons (Fsp3) is 0.231. The van der Waals surface area contributed by atoms with Crippen molar-refractivity contribution < 1.29 is 9.13 Å². The van der Waals surface area contributed by atoms with E-state index in [1.807, 2.05) is 6.92 Å². The summed E-state index contributed by atoms with van der Waals surface area (Å²) in [6.45, 7) is 2.79. The van der Waals surface area contributed by atoms with E-state index in [9.17, 15) is 4.39 Å². The van der Waals surface area contributed by atoms with Gasteiger partial charge in [-0.15, -0.1) is 0 Å². The number of rotatable bonds is 4. The minimum absolute atomic E-state index is 0.284. The Hall–Kier alpha value is -1.52. The molecule has 0 spiro atoms. The van der Waals surface area contributed by atoms with E-state index in [0.717, 1.165) is 5.56 Å². The summed E-state index contributed by atoms with van der Waals surface area (Å²) in [6.07, 6.45) is 0. The van der Waals surface area contributed by atoms with Crippen LogP contribution in [0.15, 0.2) is 30.3 Å². The first-order chi connectivity index (χ1) is 8.69. The lowest BCUT2D eigenvalue weighted by atomic mass is 10.1. The van der Waals surface area contributed by atoms with Crippen molar-refractivity contribution in [2.24, 2.45) is 0 Å². The second kappa shape index (κ2) is 5.89. The van der Waals surface area contributed by atoms with Gasteiger partial charge in [-0.25, -0.2) is 14.4 Å². The summed E-state index contributed by atoms with van der Waals surface area (Å²) < 4.78 is 18.1. The molecule has 94 valence electrons. The molecule has 0 N–H and O–H groups in total. The number of hydrogen-bond donors (Lipinski definition) is 0. The molecule has 0 fully saturated rings. The van der Waals surface area contributed by atoms with Gasteiger partial charge < -0.3 is 4.74 Å². The van der Waals surface area contributed by atoms with Crippen molar-refractivity contribution in [1.82, 2.24) is 9.97 Å². The van der Waals surface area contributed by atoms with Gasteiger partial charge in [-0.2, -0.15) is 0 Å². The smallest absolute Gasteiger partial charge is 0.156 e. The van der Waals surface area contributed by atoms with E-state index in [-0.39, 0.29) is 5.82 Å². The Morgan fingerprint density at radius 1 is 1.22 bits per heavy atom. The predicted octanol–water partition coefficient (Wildman–Crippen LogP) is 3.47. The Bertz CT molecular complexity index is 531. The Morgan fingerprint density at radius 3 is 2.61 bits per heavy atom. The molecule has 0 saturated heterocycles. The molecule has 1 aromatic heterocycles. The molecule has 0 radical (unpaired) electrons. The van der Waals surface area contributed by atoms with Gasteiger partial charge in [0.25, 0.3) is 0 Å². The zero-order chi connectivity index (χ0) is 13.0. The number of hydrogen-bond acceptors (Lipinski definition) is 3. The molecular weight excluding hydrogens is 255 g/mol. The van der Waals surface area contributed by atoms with Crippen LogP contribution in [0.25, 0.3) is 11.3 Å². The average molecular weight is 267 g/mol. The third-order valence-electron chi connectivity index (χ3n) is 2.32. The lowest BCUT2D eigenvalue weighted by molar-refractivity contribution is 0.128. The third-order valence-corrected chi connectivity index (χ3v) is 2.51. The normalized spacial score (nSPS) is 10.6. The van der Waals surface area contributed by atoms with Crippen LogP contribution in [0, 0.1) is 5.82 Å². The molecule has 0 aliphatic rings. The second-order valence-corrected chi connectivity index (χ2v) is 4.02. The van der Waals surface area contributed by atoms with Crippen molar-refractivity contribution in [2.75, 3.05) is 6.61 Å². The quantitative estimate of drug-likeness (QED) is 0.795. The van der Waals surface area contributed by atoms with E-state index >= 15 is 0 Å². The van der Waals surface area contributed by atoms with Gasteiger partial charge >= 0.3 is 0 Å². The van der Waals surface area contributed by atoms with Gasteiger partial charge in [-0.3, -0.25) is 0 Å². The highest BCUT2D eigenvalue weighted by atomic mass is 35.5. The molecular formula is C13H12ClFN2O. The molecule has 0 aliphatic carbocycles. The van der Waals surface area contributed by atoms with E-state index in [1.165, 1.54) is 12.1 Å². The monoisotopic (exact) mass is 266 g/mol. The van der Waals surface area contributed by atoms with E-state index in [2.05, 4.69) is 9.97 Å². The molecule has 0 atom stereocenters. The zero-order valence-corrected chi connectivity index (χ0v) is 10.6. The van der Waals surface area contributed by atoms with Crippen molar-refractivity contribution in [1.29, 1.82) is 0 Å². The molecule has 2 rings (SSSR count). The van der Waals surface area contributed by atoms with Crippen LogP contribution in [-0.4, -0.2) is 16.6 Å². The summed E-state index contributed by atoms with van der Waals surface area (Å²) >= 11 is 5.93. The van der Waals surface area contributed by atoms with Gasteiger partial charge in [0.1, 0.15) is 17.6 Å². The van der Waals surface area contributed by atoms with Crippen molar-refractivity contribution in [3.8, 4) is 11.3 Å². The summed E-state index contributed by atoms with van der Waals surface area (Å²) in [7, 11) is 0. The average Bonchev–Trinajstić information content (AvgIpc) is 2.36. The van der Waals surface area contributed by atoms with E-state index < -0.39 is 0 Å². The molecule has 0 amide bonds. The van der Waals surface area contributed by atoms with Crippen LogP contribution < -0.4 is 0 Å². The first-order valence-electron chi connectivity index (χ1n) is 5.56. The summed E-state index contributed by atoms with van der Waals surface area (Å²) in [4.78, 5) is 8.40. The Morgan fingerprint density at radius 2 is 1.94 bits per heavy atom. The highest BCUT2D eigenvalue weighted by Crippen LogP contribution is 2.20. The molecule has 0 saturated carbocycles. The minimum atomic E-state index is -0.284. The molecule has 18 heavy (non-hydrogen) atoms. The molecule has 0 unspecified atom stereocenters. The van der Waals surface area contributed by atoms with Crippen molar-refractivity contribution in [3.63, 3.8) is 0 Å². The number of ether oxygens (including phenoxy) is 1. The summed E-state index contributed by atoms with van der Waals surface area (Å²) in [5.41, 5.74) is 1.45. The number of nitrogens with zero attached hydrogens (tertiary/aromatic N) is 2. The highest BCUT2D eigenvalue weighted by Gasteiger charge is 2.06. The van der Waals surface area contributed by atoms with E-state index in [1.54, 1.807) is 18.2 Å². The van der Waals surface area contributed by atoms with E-state index in [0.29, 0.717) is 29.9 Å². The molecule has 2 aromatic rings. The van der Waals surface area contributed by atoms with Crippen molar-refractivity contribution in [2.45, 2.75) is 13.5 Å². The topological polar surface area (TPSA) is 35.0 Å². The minimum Gasteiger partial charge on any atom is -0.374 e. The molecule has 3 nitrogen and oxygen atoms in total. The molecule has 0 bridgehead atoms. The van der Waals surface area contributed by atoms with Gasteiger partial charge in [-0.1, -0.05) is 11.6 Å². The molecule has 0 aliphatic heterocycles. The van der Waals surface area contributed by atoms with Crippen LogP contribution in [0.1, 0.15) is 12.7 Å². The summed E-state index contributed by atoms with van der Waals surface area (Å²) in [5.74, 6) is 0.233. The lowest BCUT2D eigenvalue weighted by Crippen LogP contribution is -2.00. The van der Waals surface area contributed by atoms with Crippen LogP contribution in [0.3, 0.4) is 0 Å². The van der Waals surface area contributed by atoms with Crippen LogP contribution in [0.4, 0.5) is 4.39 Å². The van der Waals surface area contributed by atoms with Gasteiger partial charge in [0.05, 0.1) is 5.69 Å². The SMILES string of the molecule is CCOCc1nc(Cl)cc(-c2ccc(F)cc2)n1. The van der Waals surface area contributed by atoms with Gasteiger partial charge in [-0.05, 0) is 31.2 Å². The lowest BCUT2D eigenvalue weighted by Gasteiger charge is -2.05. The van der Waals surface area contributed by atoms with Crippen LogP contribution in [0.5, 0.6) is 0 Å². The zero-order valence-electron chi connectivity index (χ0n) is 9.86. The fourth-order valence-electron chi connectivity index (χ4n) is 1.49. The maximum absolute atomic E-state index is 12.8. The fourth-order valence-corrected chi connectivity index (χ4v) is 1.69. The Labute approximate surface area is 110 Å². The standard InChI is InChI=1S/C13H12ClFN2O/c1-2-18-8-13-16-11(7-12(14)17-13)9-3-5-10(15)6-4-9/h3-7H,2,8H2,1H3. The first-order valence-corrected chi connectivity index (χ1v) is 5.94. The largest absolute Gasteiger partial charge is 0.374 e. The summed E-state index contributed by atoms with van der Waals surface area (Å²) in [6, 6.07) is 7.71. The number of aromatic nitrogens is 2. The molecule has 5 heteroatoms. The van der Waals surface area contributed by atoms with Gasteiger partial charge in [0.2, 0.25) is 0 Å². The first kappa shape index (κ1) is 12.9. The van der Waals surface area contributed by atoms with Crippen molar-refractivity contribution in [3.05, 3.63) is 47.1 Å². The number of halogens is 2. The van der Waals surface area contributed by atoms with Gasteiger partial charge in [0, 0.05) is 18.2 Å². The Kier molecular flexibility index (Phi) is 4.23. The van der Waals surface area contributed by atoms with Crippen LogP contribution in [0.2, 0.25) is 5.15 Å². The highest BCUT2D eigenvalue weighted by molar-refractivity contribution is 6.29. The van der Waals surface area contributed by atoms with Crippen LogP contribution >= 0.6 is 11.6 Å². The Balaban J connectivity index is 2.32. The van der Waals surface area contributed by atoms with Crippen molar-refractivity contribution >= 4 is 11.6 Å². The molecule has 1 aromatic carbocycles. The number of benzene rings is 1. The van der Waals surface area contributed by atoms with Gasteiger partial charge in [0.15, 0.2) is 5.82 Å². The third kappa shape index (κ3) is 3.24. The maximum atomic E-state index is 12.8. The predicted molar refractivity (Wildman–Crippen MR) is 67.8 cm³/mol. The summed E-state index contributed by atoms with van der Waals surface area (Å²) in [5, 5.41) is 0.346. The second-order valence-electron chi connectivity index (χ2n) is 3.64. The van der Waals surface area contributed by atoms with Crippen LogP contribution in [-0.2, 0) is 11.3 Å². The maximum Gasteiger partial charge on any atom is 0.156 e.